The molecule has 7 nitrogen and oxygen atoms in total. The highest BCUT2D eigenvalue weighted by Gasteiger charge is 2.12. The highest BCUT2D eigenvalue weighted by atomic mass is 35.5. The Bertz CT molecular complexity index is 810. The molecule has 0 aliphatic carbocycles. The smallest absolute Gasteiger partial charge is 0.276 e. The lowest BCUT2D eigenvalue weighted by atomic mass is 10.2. The van der Waals surface area contributed by atoms with Crippen molar-refractivity contribution in [3.63, 3.8) is 0 Å². The normalized spacial score (nSPS) is 10.0. The summed E-state index contributed by atoms with van der Waals surface area (Å²) >= 11 is 5.93. The zero-order chi connectivity index (χ0) is 19.1. The minimum atomic E-state index is -0.508. The predicted octanol–water partition coefficient (Wildman–Crippen LogP) is 2.51. The summed E-state index contributed by atoms with van der Waals surface area (Å²) in [6.45, 7) is 1.58. The van der Waals surface area contributed by atoms with Crippen molar-refractivity contribution in [1.82, 2.24) is 10.9 Å². The summed E-state index contributed by atoms with van der Waals surface area (Å²) in [4.78, 5) is 23.9. The number of rotatable bonds is 6. The summed E-state index contributed by atoms with van der Waals surface area (Å²) < 4.78 is 15.6. The van der Waals surface area contributed by atoms with Crippen LogP contribution in [0.1, 0.15) is 15.9 Å². The van der Waals surface area contributed by atoms with E-state index in [1.165, 1.54) is 20.3 Å². The fourth-order valence-corrected chi connectivity index (χ4v) is 2.19. The van der Waals surface area contributed by atoms with E-state index in [4.69, 9.17) is 25.8 Å². The maximum atomic E-state index is 12.1. The second kappa shape index (κ2) is 8.96. The minimum absolute atomic E-state index is 0.257. The molecule has 2 rings (SSSR count). The highest BCUT2D eigenvalue weighted by Crippen LogP contribution is 2.27. The number of halogens is 1. The van der Waals surface area contributed by atoms with Gasteiger partial charge in [0.2, 0.25) is 0 Å². The third-order valence-electron chi connectivity index (χ3n) is 3.46. The van der Waals surface area contributed by atoms with E-state index >= 15 is 0 Å². The maximum absolute atomic E-state index is 12.1. The molecule has 2 N–H and O–H groups in total. The molecule has 0 saturated heterocycles. The second-order valence-corrected chi connectivity index (χ2v) is 5.68. The van der Waals surface area contributed by atoms with Gasteiger partial charge in [0, 0.05) is 10.6 Å². The number of hydrogen-bond acceptors (Lipinski definition) is 5. The van der Waals surface area contributed by atoms with Gasteiger partial charge in [-0.15, -0.1) is 0 Å². The standard InChI is InChI=1S/C18H19ClN2O5/c1-11-8-13(5-6-14(11)19)26-10-17(22)20-21-18(23)12-4-7-15(24-2)16(9-12)25-3/h4-9H,10H2,1-3H3,(H,20,22)(H,21,23). The van der Waals surface area contributed by atoms with Crippen LogP contribution in [0.4, 0.5) is 0 Å². The van der Waals surface area contributed by atoms with Crippen LogP contribution >= 0.6 is 11.6 Å². The molecule has 0 fully saturated rings. The summed E-state index contributed by atoms with van der Waals surface area (Å²) in [5.41, 5.74) is 5.73. The van der Waals surface area contributed by atoms with Crippen molar-refractivity contribution in [3.8, 4) is 17.2 Å². The number of hydrogen-bond donors (Lipinski definition) is 2. The van der Waals surface area contributed by atoms with E-state index in [-0.39, 0.29) is 6.61 Å². The molecule has 2 amide bonds. The monoisotopic (exact) mass is 378 g/mol. The number of methoxy groups -OCH3 is 2. The van der Waals surface area contributed by atoms with Gasteiger partial charge in [-0.05, 0) is 48.9 Å². The number of carbonyl (C=O) groups excluding carboxylic acids is 2. The van der Waals surface area contributed by atoms with Crippen LogP contribution < -0.4 is 25.1 Å². The van der Waals surface area contributed by atoms with E-state index in [9.17, 15) is 9.59 Å². The van der Waals surface area contributed by atoms with Crippen LogP contribution in [-0.2, 0) is 4.79 Å². The number of hydrazine groups is 1. The van der Waals surface area contributed by atoms with Crippen LogP contribution in [0.5, 0.6) is 17.2 Å². The van der Waals surface area contributed by atoms with Gasteiger partial charge in [0.05, 0.1) is 14.2 Å². The second-order valence-electron chi connectivity index (χ2n) is 5.27. The molecule has 0 unspecified atom stereocenters. The molecule has 0 aromatic heterocycles. The Morgan fingerprint density at radius 1 is 1.00 bits per heavy atom. The van der Waals surface area contributed by atoms with E-state index in [0.717, 1.165) is 5.56 Å². The fourth-order valence-electron chi connectivity index (χ4n) is 2.07. The SMILES string of the molecule is COc1ccc(C(=O)NNC(=O)COc2ccc(Cl)c(C)c2)cc1OC. The molecular formula is C18H19ClN2O5. The molecule has 2 aromatic rings. The van der Waals surface area contributed by atoms with E-state index < -0.39 is 11.8 Å². The number of aryl methyl sites for hydroxylation is 1. The number of nitrogens with one attached hydrogen (secondary N) is 2. The van der Waals surface area contributed by atoms with Gasteiger partial charge in [0.25, 0.3) is 11.8 Å². The molecule has 138 valence electrons. The van der Waals surface area contributed by atoms with Gasteiger partial charge < -0.3 is 14.2 Å². The number of ether oxygens (including phenoxy) is 3. The van der Waals surface area contributed by atoms with Gasteiger partial charge in [0.1, 0.15) is 5.75 Å². The van der Waals surface area contributed by atoms with Crippen molar-refractivity contribution in [3.05, 3.63) is 52.5 Å². The van der Waals surface area contributed by atoms with Crippen molar-refractivity contribution in [2.45, 2.75) is 6.92 Å². The Morgan fingerprint density at radius 3 is 2.38 bits per heavy atom. The van der Waals surface area contributed by atoms with Gasteiger partial charge in [-0.25, -0.2) is 0 Å². The Labute approximate surface area is 156 Å². The van der Waals surface area contributed by atoms with Gasteiger partial charge in [-0.2, -0.15) is 0 Å². The Morgan fingerprint density at radius 2 is 1.73 bits per heavy atom. The third-order valence-corrected chi connectivity index (χ3v) is 3.88. The maximum Gasteiger partial charge on any atom is 0.276 e. The average molecular weight is 379 g/mol. The van der Waals surface area contributed by atoms with E-state index in [2.05, 4.69) is 10.9 Å². The molecular weight excluding hydrogens is 360 g/mol. The van der Waals surface area contributed by atoms with Crippen LogP contribution in [0.2, 0.25) is 5.02 Å². The first kappa shape index (κ1) is 19.4. The Kier molecular flexibility index (Phi) is 6.68. The molecule has 26 heavy (non-hydrogen) atoms. The van der Waals surface area contributed by atoms with Crippen molar-refractivity contribution in [2.24, 2.45) is 0 Å². The fraction of sp³-hybridized carbons (Fsp3) is 0.222. The van der Waals surface area contributed by atoms with Gasteiger partial charge in [-0.3, -0.25) is 20.4 Å². The molecule has 0 heterocycles. The zero-order valence-electron chi connectivity index (χ0n) is 14.6. The molecule has 0 aliphatic heterocycles. The van der Waals surface area contributed by atoms with Crippen LogP contribution in [0.3, 0.4) is 0 Å². The largest absolute Gasteiger partial charge is 0.493 e. The summed E-state index contributed by atoms with van der Waals surface area (Å²) in [5, 5.41) is 0.615. The third kappa shape index (κ3) is 5.03. The first-order valence-electron chi connectivity index (χ1n) is 7.64. The van der Waals surface area contributed by atoms with Gasteiger partial charge in [-0.1, -0.05) is 11.6 Å². The lowest BCUT2D eigenvalue weighted by Crippen LogP contribution is -2.43. The lowest BCUT2D eigenvalue weighted by Gasteiger charge is -2.11. The van der Waals surface area contributed by atoms with Gasteiger partial charge >= 0.3 is 0 Å². The van der Waals surface area contributed by atoms with Crippen LogP contribution in [0, 0.1) is 6.92 Å². The molecule has 0 atom stereocenters. The van der Waals surface area contributed by atoms with Crippen molar-refractivity contribution < 1.29 is 23.8 Å². The van der Waals surface area contributed by atoms with Gasteiger partial charge in [0.15, 0.2) is 18.1 Å². The number of benzene rings is 2. The predicted molar refractivity (Wildman–Crippen MR) is 96.8 cm³/mol. The topological polar surface area (TPSA) is 85.9 Å². The molecule has 0 saturated carbocycles. The number of amides is 2. The minimum Gasteiger partial charge on any atom is -0.493 e. The van der Waals surface area contributed by atoms with Crippen LogP contribution in [0.15, 0.2) is 36.4 Å². The van der Waals surface area contributed by atoms with Crippen molar-refractivity contribution >= 4 is 23.4 Å². The highest BCUT2D eigenvalue weighted by molar-refractivity contribution is 6.31. The average Bonchev–Trinajstić information content (AvgIpc) is 2.66. The van der Waals surface area contributed by atoms with E-state index in [1.54, 1.807) is 30.3 Å². The molecule has 0 radical (unpaired) electrons. The van der Waals surface area contributed by atoms with Crippen molar-refractivity contribution in [1.29, 1.82) is 0 Å². The van der Waals surface area contributed by atoms with E-state index in [1.807, 2.05) is 6.92 Å². The lowest BCUT2D eigenvalue weighted by molar-refractivity contribution is -0.123. The Hall–Kier alpha value is -2.93. The quantitative estimate of drug-likeness (QED) is 0.754. The van der Waals surface area contributed by atoms with Crippen LogP contribution in [0.25, 0.3) is 0 Å². The van der Waals surface area contributed by atoms with E-state index in [0.29, 0.717) is 27.8 Å². The summed E-state index contributed by atoms with van der Waals surface area (Å²) in [7, 11) is 2.97. The molecule has 0 spiro atoms. The molecule has 0 aliphatic rings. The van der Waals surface area contributed by atoms with Crippen molar-refractivity contribution in [2.75, 3.05) is 20.8 Å². The molecule has 2 aromatic carbocycles. The summed E-state index contributed by atoms with van der Waals surface area (Å²) in [5.74, 6) is 0.411. The van der Waals surface area contributed by atoms with Crippen LogP contribution in [-0.4, -0.2) is 32.6 Å². The number of carbonyl (C=O) groups is 2. The first-order valence-corrected chi connectivity index (χ1v) is 8.02. The molecule has 0 bridgehead atoms. The summed E-state index contributed by atoms with van der Waals surface area (Å²) in [6, 6.07) is 9.72. The molecule has 8 heteroatoms. The zero-order valence-corrected chi connectivity index (χ0v) is 15.3. The Balaban J connectivity index is 1.86. The summed E-state index contributed by atoms with van der Waals surface area (Å²) in [6.07, 6.45) is 0. The first-order chi connectivity index (χ1) is 12.4.